The molecule has 1 N–H and O–H groups in total. The Kier molecular flexibility index (Phi) is 2.56. The van der Waals surface area contributed by atoms with E-state index in [9.17, 15) is 5.11 Å². The van der Waals surface area contributed by atoms with Gasteiger partial charge in [-0.2, -0.15) is 0 Å². The smallest absolute Gasteiger partial charge is 0.198 e. The van der Waals surface area contributed by atoms with E-state index in [1.54, 1.807) is 13.2 Å². The van der Waals surface area contributed by atoms with E-state index in [1.807, 2.05) is 0 Å². The molecular formula is C10H16N2O2. The maximum absolute atomic E-state index is 9.30. The van der Waals surface area contributed by atoms with Crippen molar-refractivity contribution in [3.8, 4) is 0 Å². The Morgan fingerprint density at radius 1 is 1.71 bits per heavy atom. The van der Waals surface area contributed by atoms with Gasteiger partial charge in [-0.15, -0.1) is 0 Å². The highest BCUT2D eigenvalue weighted by Gasteiger charge is 2.25. The lowest BCUT2D eigenvalue weighted by atomic mass is 10.1. The maximum Gasteiger partial charge on any atom is 0.198 e. The molecule has 1 fully saturated rings. The number of likely N-dealkylation sites (tertiary alicyclic amines) is 1. The molecule has 1 saturated heterocycles. The molecule has 14 heavy (non-hydrogen) atoms. The summed E-state index contributed by atoms with van der Waals surface area (Å²) in [6.07, 6.45) is 2.11. The lowest BCUT2D eigenvalue weighted by Gasteiger charge is -2.05. The van der Waals surface area contributed by atoms with Gasteiger partial charge in [0.15, 0.2) is 5.89 Å². The van der Waals surface area contributed by atoms with Crippen LogP contribution in [0.3, 0.4) is 0 Å². The predicted molar refractivity (Wildman–Crippen MR) is 52.0 cm³/mol. The Bertz CT molecular complexity index is 309. The van der Waals surface area contributed by atoms with Crippen molar-refractivity contribution in [3.05, 3.63) is 17.8 Å². The quantitative estimate of drug-likeness (QED) is 0.770. The summed E-state index contributed by atoms with van der Waals surface area (Å²) in [5.41, 5.74) is 0.634. The van der Waals surface area contributed by atoms with Gasteiger partial charge in [-0.1, -0.05) is 0 Å². The van der Waals surface area contributed by atoms with E-state index >= 15 is 0 Å². The minimum atomic E-state index is -0.536. The number of nitrogens with zero attached hydrogens (tertiary/aromatic N) is 2. The van der Waals surface area contributed by atoms with Crippen molar-refractivity contribution in [2.24, 2.45) is 0 Å². The summed E-state index contributed by atoms with van der Waals surface area (Å²) in [6.45, 7) is 3.79. The molecule has 2 rings (SSSR count). The molecule has 0 saturated carbocycles. The van der Waals surface area contributed by atoms with Gasteiger partial charge in [-0.05, 0) is 26.9 Å². The van der Waals surface area contributed by atoms with Crippen molar-refractivity contribution < 1.29 is 9.52 Å². The number of rotatable bonds is 2. The van der Waals surface area contributed by atoms with Gasteiger partial charge in [-0.3, -0.25) is 0 Å². The number of likely N-dealkylation sites (N-methyl/N-ethyl adjacent to an activating group) is 1. The molecule has 0 spiro atoms. The fourth-order valence-corrected chi connectivity index (χ4v) is 1.82. The molecule has 4 nitrogen and oxygen atoms in total. The van der Waals surface area contributed by atoms with Crippen LogP contribution in [0.5, 0.6) is 0 Å². The van der Waals surface area contributed by atoms with E-state index in [0.29, 0.717) is 11.6 Å². The Morgan fingerprint density at radius 3 is 3.00 bits per heavy atom. The molecule has 78 valence electrons. The first-order chi connectivity index (χ1) is 6.66. The van der Waals surface area contributed by atoms with Gasteiger partial charge in [0.2, 0.25) is 0 Å². The Balaban J connectivity index is 2.09. The molecule has 1 aromatic heterocycles. The van der Waals surface area contributed by atoms with E-state index < -0.39 is 6.10 Å². The van der Waals surface area contributed by atoms with Crippen LogP contribution in [-0.2, 0) is 0 Å². The van der Waals surface area contributed by atoms with E-state index in [-0.39, 0.29) is 0 Å². The second-order valence-electron chi connectivity index (χ2n) is 4.03. The standard InChI is InChI=1S/C10H16N2O2/c1-7(13)9-6-14-10(11-9)8-3-4-12(2)5-8/h6-8,13H,3-5H2,1-2H3. The van der Waals surface area contributed by atoms with E-state index in [0.717, 1.165) is 25.4 Å². The van der Waals surface area contributed by atoms with E-state index in [2.05, 4.69) is 16.9 Å². The molecule has 0 aromatic carbocycles. The second kappa shape index (κ2) is 3.71. The fraction of sp³-hybridized carbons (Fsp3) is 0.700. The number of hydrogen-bond donors (Lipinski definition) is 1. The molecule has 0 bridgehead atoms. The average molecular weight is 196 g/mol. The van der Waals surface area contributed by atoms with Crippen LogP contribution in [-0.4, -0.2) is 35.1 Å². The molecule has 0 radical (unpaired) electrons. The third-order valence-electron chi connectivity index (χ3n) is 2.71. The average Bonchev–Trinajstić information content (AvgIpc) is 2.70. The number of aromatic nitrogens is 1. The minimum Gasteiger partial charge on any atom is -0.448 e. The second-order valence-corrected chi connectivity index (χ2v) is 4.03. The van der Waals surface area contributed by atoms with Crippen molar-refractivity contribution in [1.82, 2.24) is 9.88 Å². The Hall–Kier alpha value is -0.870. The zero-order chi connectivity index (χ0) is 10.1. The Morgan fingerprint density at radius 2 is 2.50 bits per heavy atom. The first kappa shape index (κ1) is 9.68. The summed E-state index contributed by atoms with van der Waals surface area (Å²) in [5.74, 6) is 1.16. The van der Waals surface area contributed by atoms with Crippen molar-refractivity contribution in [2.75, 3.05) is 20.1 Å². The molecule has 2 atom stereocenters. The molecule has 2 heterocycles. The zero-order valence-electron chi connectivity index (χ0n) is 8.60. The van der Waals surface area contributed by atoms with Gasteiger partial charge >= 0.3 is 0 Å². The SMILES string of the molecule is CC(O)c1coc(C2CCN(C)C2)n1. The third-order valence-corrected chi connectivity index (χ3v) is 2.71. The number of aliphatic hydroxyl groups is 1. The van der Waals surface area contributed by atoms with Gasteiger partial charge in [0.05, 0.1) is 6.10 Å². The first-order valence-electron chi connectivity index (χ1n) is 4.98. The monoisotopic (exact) mass is 196 g/mol. The lowest BCUT2D eigenvalue weighted by molar-refractivity contribution is 0.194. The van der Waals surface area contributed by atoms with Crippen LogP contribution < -0.4 is 0 Å². The summed E-state index contributed by atoms with van der Waals surface area (Å²) in [4.78, 5) is 6.54. The van der Waals surface area contributed by atoms with Crippen LogP contribution >= 0.6 is 0 Å². The Labute approximate surface area is 83.5 Å². The number of aliphatic hydroxyl groups excluding tert-OH is 1. The highest BCUT2D eigenvalue weighted by atomic mass is 16.3. The van der Waals surface area contributed by atoms with Crippen molar-refractivity contribution >= 4 is 0 Å². The largest absolute Gasteiger partial charge is 0.448 e. The van der Waals surface area contributed by atoms with Crippen LogP contribution in [0.25, 0.3) is 0 Å². The molecular weight excluding hydrogens is 180 g/mol. The van der Waals surface area contributed by atoms with Gasteiger partial charge in [-0.25, -0.2) is 4.98 Å². The van der Waals surface area contributed by atoms with Crippen molar-refractivity contribution in [3.63, 3.8) is 0 Å². The number of oxazole rings is 1. The van der Waals surface area contributed by atoms with E-state index in [1.165, 1.54) is 0 Å². The molecule has 0 aliphatic carbocycles. The molecule has 2 unspecified atom stereocenters. The van der Waals surface area contributed by atoms with E-state index in [4.69, 9.17) is 4.42 Å². The fourth-order valence-electron chi connectivity index (χ4n) is 1.82. The molecule has 1 aliphatic heterocycles. The van der Waals surface area contributed by atoms with Crippen LogP contribution in [0.2, 0.25) is 0 Å². The number of hydrogen-bond acceptors (Lipinski definition) is 4. The summed E-state index contributed by atoms with van der Waals surface area (Å²) in [7, 11) is 2.10. The molecule has 1 aliphatic rings. The summed E-state index contributed by atoms with van der Waals surface area (Å²) < 4.78 is 5.36. The van der Waals surface area contributed by atoms with Crippen LogP contribution in [0.1, 0.15) is 37.0 Å². The zero-order valence-corrected chi connectivity index (χ0v) is 8.60. The van der Waals surface area contributed by atoms with Gasteiger partial charge in [0.25, 0.3) is 0 Å². The maximum atomic E-state index is 9.30. The lowest BCUT2D eigenvalue weighted by Crippen LogP contribution is -2.13. The van der Waals surface area contributed by atoms with Gasteiger partial charge in [0, 0.05) is 12.5 Å². The topological polar surface area (TPSA) is 49.5 Å². The highest BCUT2D eigenvalue weighted by molar-refractivity contribution is 5.05. The summed E-state index contributed by atoms with van der Waals surface area (Å²) >= 11 is 0. The van der Waals surface area contributed by atoms with Gasteiger partial charge in [0.1, 0.15) is 12.0 Å². The van der Waals surface area contributed by atoms with Crippen molar-refractivity contribution in [1.29, 1.82) is 0 Å². The summed E-state index contributed by atoms with van der Waals surface area (Å²) in [5, 5.41) is 9.30. The van der Waals surface area contributed by atoms with Crippen LogP contribution in [0, 0.1) is 0 Å². The minimum absolute atomic E-state index is 0.396. The first-order valence-corrected chi connectivity index (χ1v) is 4.98. The predicted octanol–water partition coefficient (Wildman–Crippen LogP) is 1.15. The third kappa shape index (κ3) is 1.81. The van der Waals surface area contributed by atoms with Crippen molar-refractivity contribution in [2.45, 2.75) is 25.4 Å². The normalized spacial score (nSPS) is 25.5. The molecule has 1 aromatic rings. The molecule has 0 amide bonds. The van der Waals surface area contributed by atoms with Crippen LogP contribution in [0.4, 0.5) is 0 Å². The summed E-state index contributed by atoms with van der Waals surface area (Å²) in [6, 6.07) is 0. The van der Waals surface area contributed by atoms with Crippen LogP contribution in [0.15, 0.2) is 10.7 Å². The molecule has 4 heteroatoms. The highest BCUT2D eigenvalue weighted by Crippen LogP contribution is 2.26. The van der Waals surface area contributed by atoms with Gasteiger partial charge < -0.3 is 14.4 Å².